The highest BCUT2D eigenvalue weighted by atomic mass is 16.6. The standard InChI is InChI=1S/C18H31NO2/c1-7-13-18(5,15-11-9-8-10-12-15)14-19(6)16(20)21-17(2,3)4/h11,13-14H,7-10,12H2,1-6H3. The molecule has 0 aliphatic heterocycles. The van der Waals surface area contributed by atoms with Crippen LogP contribution in [0.15, 0.2) is 11.6 Å². The minimum absolute atomic E-state index is 0.166. The Bertz CT molecular complexity index is 381. The minimum atomic E-state index is -0.464. The first-order valence-electron chi connectivity index (χ1n) is 8.03. The average molecular weight is 293 g/mol. The van der Waals surface area contributed by atoms with Crippen LogP contribution < -0.4 is 0 Å². The van der Waals surface area contributed by atoms with Crippen LogP contribution in [0.5, 0.6) is 0 Å². The van der Waals surface area contributed by atoms with Gasteiger partial charge in [0.2, 0.25) is 0 Å². The van der Waals surface area contributed by atoms with Crippen molar-refractivity contribution >= 4 is 6.09 Å². The zero-order valence-corrected chi connectivity index (χ0v) is 14.5. The largest absolute Gasteiger partial charge is 0.444 e. The highest BCUT2D eigenvalue weighted by molar-refractivity contribution is 5.68. The van der Waals surface area contributed by atoms with Crippen molar-refractivity contribution in [3.63, 3.8) is 0 Å². The fourth-order valence-electron chi connectivity index (χ4n) is 2.81. The van der Waals surface area contributed by atoms with Crippen molar-refractivity contribution in [1.82, 2.24) is 4.90 Å². The summed E-state index contributed by atoms with van der Waals surface area (Å²) in [4.78, 5) is 13.8. The first kappa shape index (κ1) is 18.1. The molecule has 0 saturated heterocycles. The molecule has 2 radical (unpaired) electrons. The van der Waals surface area contributed by atoms with Gasteiger partial charge in [-0.2, -0.15) is 0 Å². The minimum Gasteiger partial charge on any atom is -0.444 e. The van der Waals surface area contributed by atoms with Crippen molar-refractivity contribution in [2.24, 2.45) is 5.41 Å². The molecule has 0 aromatic rings. The van der Waals surface area contributed by atoms with Crippen LogP contribution in [-0.4, -0.2) is 23.6 Å². The van der Waals surface area contributed by atoms with Crippen molar-refractivity contribution in [2.45, 2.75) is 72.3 Å². The molecule has 120 valence electrons. The Hall–Kier alpha value is -0.990. The summed E-state index contributed by atoms with van der Waals surface area (Å²) in [5.74, 6) is 0. The van der Waals surface area contributed by atoms with Gasteiger partial charge in [-0.25, -0.2) is 4.79 Å². The van der Waals surface area contributed by atoms with E-state index in [1.165, 1.54) is 18.4 Å². The summed E-state index contributed by atoms with van der Waals surface area (Å²) in [5, 5.41) is 0. The average Bonchev–Trinajstić information content (AvgIpc) is 2.38. The van der Waals surface area contributed by atoms with Crippen LogP contribution in [0.2, 0.25) is 0 Å². The van der Waals surface area contributed by atoms with Crippen molar-refractivity contribution in [1.29, 1.82) is 0 Å². The molecule has 21 heavy (non-hydrogen) atoms. The molecule has 0 N–H and O–H groups in total. The summed E-state index contributed by atoms with van der Waals surface area (Å²) in [6.07, 6.45) is 10.1. The van der Waals surface area contributed by atoms with E-state index in [0.717, 1.165) is 19.3 Å². The zero-order valence-electron chi connectivity index (χ0n) is 14.5. The molecule has 1 rings (SSSR count). The molecular weight excluding hydrogens is 262 g/mol. The SMILES string of the molecule is CC[CH]C(C)([CH]N(C)C(=O)OC(C)(C)C)C1=CCCCC1. The van der Waals surface area contributed by atoms with Gasteiger partial charge in [-0.3, -0.25) is 0 Å². The van der Waals surface area contributed by atoms with E-state index in [4.69, 9.17) is 4.74 Å². The van der Waals surface area contributed by atoms with Gasteiger partial charge < -0.3 is 9.64 Å². The van der Waals surface area contributed by atoms with E-state index in [-0.39, 0.29) is 11.5 Å². The van der Waals surface area contributed by atoms with E-state index in [1.54, 1.807) is 11.9 Å². The van der Waals surface area contributed by atoms with Crippen LogP contribution in [0.25, 0.3) is 0 Å². The lowest BCUT2D eigenvalue weighted by molar-refractivity contribution is 0.0318. The number of carbonyl (C=O) groups is 1. The molecule has 1 aliphatic rings. The summed E-state index contributed by atoms with van der Waals surface area (Å²) in [5.41, 5.74) is 0.792. The summed E-state index contributed by atoms with van der Waals surface area (Å²) in [6.45, 7) is 12.0. The molecule has 0 aromatic heterocycles. The fraction of sp³-hybridized carbons (Fsp3) is 0.722. The summed E-state index contributed by atoms with van der Waals surface area (Å²) >= 11 is 0. The number of carbonyl (C=O) groups excluding carboxylic acids is 1. The number of rotatable bonds is 5. The Morgan fingerprint density at radius 2 is 2.00 bits per heavy atom. The quantitative estimate of drug-likeness (QED) is 0.657. The fourth-order valence-corrected chi connectivity index (χ4v) is 2.81. The van der Waals surface area contributed by atoms with Crippen molar-refractivity contribution in [3.8, 4) is 0 Å². The molecule has 0 bridgehead atoms. The van der Waals surface area contributed by atoms with Gasteiger partial charge in [0, 0.05) is 12.5 Å². The molecule has 0 heterocycles. The van der Waals surface area contributed by atoms with Gasteiger partial charge in [-0.05, 0) is 52.9 Å². The van der Waals surface area contributed by atoms with Gasteiger partial charge in [-0.15, -0.1) is 0 Å². The van der Waals surface area contributed by atoms with Gasteiger partial charge >= 0.3 is 6.09 Å². The second-order valence-electron chi connectivity index (χ2n) is 7.09. The monoisotopic (exact) mass is 293 g/mol. The summed E-state index contributed by atoms with van der Waals surface area (Å²) in [6, 6.07) is 0. The third-order valence-electron chi connectivity index (χ3n) is 3.75. The zero-order chi connectivity index (χ0) is 16.1. The van der Waals surface area contributed by atoms with E-state index in [0.29, 0.717) is 0 Å². The normalized spacial score (nSPS) is 18.7. The van der Waals surface area contributed by atoms with Gasteiger partial charge in [-0.1, -0.05) is 31.9 Å². The second-order valence-corrected chi connectivity index (χ2v) is 7.09. The predicted octanol–water partition coefficient (Wildman–Crippen LogP) is 5.14. The van der Waals surface area contributed by atoms with Crippen LogP contribution >= 0.6 is 0 Å². The Kier molecular flexibility index (Phi) is 6.30. The molecular formula is C18H31NO2. The molecule has 0 saturated carbocycles. The van der Waals surface area contributed by atoms with Crippen LogP contribution in [0.4, 0.5) is 4.79 Å². The van der Waals surface area contributed by atoms with E-state index < -0.39 is 5.60 Å². The van der Waals surface area contributed by atoms with Gasteiger partial charge in [0.15, 0.2) is 0 Å². The number of allylic oxidation sites excluding steroid dienone is 1. The number of amides is 1. The lowest BCUT2D eigenvalue weighted by atomic mass is 9.73. The molecule has 0 aromatic carbocycles. The molecule has 1 aliphatic carbocycles. The van der Waals surface area contributed by atoms with E-state index in [9.17, 15) is 4.79 Å². The third kappa shape index (κ3) is 5.72. The molecule has 3 heteroatoms. The Morgan fingerprint density at radius 1 is 1.33 bits per heavy atom. The molecule has 1 atom stereocenters. The number of hydrogen-bond acceptors (Lipinski definition) is 2. The van der Waals surface area contributed by atoms with Crippen LogP contribution in [-0.2, 0) is 4.74 Å². The number of hydrogen-bond donors (Lipinski definition) is 0. The first-order valence-corrected chi connectivity index (χ1v) is 8.03. The maximum Gasteiger partial charge on any atom is 0.410 e. The first-order chi connectivity index (χ1) is 9.68. The Balaban J connectivity index is 2.77. The molecule has 0 spiro atoms. The van der Waals surface area contributed by atoms with Crippen LogP contribution in [0, 0.1) is 18.4 Å². The second kappa shape index (κ2) is 7.33. The van der Waals surface area contributed by atoms with Crippen molar-refractivity contribution in [2.75, 3.05) is 7.05 Å². The van der Waals surface area contributed by atoms with E-state index in [1.807, 2.05) is 27.3 Å². The van der Waals surface area contributed by atoms with Crippen molar-refractivity contribution in [3.05, 3.63) is 24.6 Å². The lowest BCUT2D eigenvalue weighted by Gasteiger charge is -2.37. The van der Waals surface area contributed by atoms with Gasteiger partial charge in [0.05, 0.1) is 6.54 Å². The maximum atomic E-state index is 12.2. The van der Waals surface area contributed by atoms with Crippen LogP contribution in [0.1, 0.15) is 66.7 Å². The van der Waals surface area contributed by atoms with E-state index >= 15 is 0 Å². The highest BCUT2D eigenvalue weighted by Crippen LogP contribution is 2.40. The Labute approximate surface area is 130 Å². The highest BCUT2D eigenvalue weighted by Gasteiger charge is 2.33. The smallest absolute Gasteiger partial charge is 0.410 e. The van der Waals surface area contributed by atoms with E-state index in [2.05, 4.69) is 26.3 Å². The predicted molar refractivity (Wildman–Crippen MR) is 87.5 cm³/mol. The molecule has 0 fully saturated rings. The maximum absolute atomic E-state index is 12.2. The third-order valence-corrected chi connectivity index (χ3v) is 3.75. The molecule has 1 amide bonds. The van der Waals surface area contributed by atoms with Crippen molar-refractivity contribution < 1.29 is 9.53 Å². The summed E-state index contributed by atoms with van der Waals surface area (Å²) in [7, 11) is 1.78. The van der Waals surface area contributed by atoms with Gasteiger partial charge in [0.1, 0.15) is 5.60 Å². The lowest BCUT2D eigenvalue weighted by Crippen LogP contribution is -2.38. The van der Waals surface area contributed by atoms with Crippen LogP contribution in [0.3, 0.4) is 0 Å². The van der Waals surface area contributed by atoms with Gasteiger partial charge in [0.25, 0.3) is 0 Å². The summed E-state index contributed by atoms with van der Waals surface area (Å²) < 4.78 is 5.43. The number of ether oxygens (including phenoxy) is 1. The Morgan fingerprint density at radius 3 is 2.48 bits per heavy atom. The number of nitrogens with zero attached hydrogens (tertiary/aromatic N) is 1. The molecule has 3 nitrogen and oxygen atoms in total. The molecule has 1 unspecified atom stereocenters. The topological polar surface area (TPSA) is 29.5 Å².